The number of hydrogen-bond acceptors (Lipinski definition) is 3. The molecule has 0 bridgehead atoms. The summed E-state index contributed by atoms with van der Waals surface area (Å²) in [6.45, 7) is 2.84. The Labute approximate surface area is 168 Å². The molecule has 2 amide bonds. The molecule has 29 heavy (non-hydrogen) atoms. The standard InChI is InChI=1S/C23H21FN2O3/c1-2-29-19-12-10-16(11-13-19)15-25-23(28)20-8-3-4-9-21(20)26-22(27)17-6-5-7-18(24)14-17/h3-14H,2,15H2,1H3,(H,25,28)(H,26,27). The van der Waals surface area contributed by atoms with Crippen molar-refractivity contribution in [2.75, 3.05) is 11.9 Å². The number of para-hydroxylation sites is 1. The number of anilines is 1. The van der Waals surface area contributed by atoms with Gasteiger partial charge in [-0.25, -0.2) is 4.39 Å². The Bertz CT molecular complexity index is 1000. The van der Waals surface area contributed by atoms with E-state index in [1.165, 1.54) is 18.2 Å². The molecule has 148 valence electrons. The van der Waals surface area contributed by atoms with Crippen LogP contribution in [0.5, 0.6) is 5.75 Å². The van der Waals surface area contributed by atoms with Crippen LogP contribution < -0.4 is 15.4 Å². The second kappa shape index (κ2) is 9.50. The molecule has 0 saturated heterocycles. The molecule has 0 unspecified atom stereocenters. The van der Waals surface area contributed by atoms with E-state index in [-0.39, 0.29) is 11.5 Å². The number of carbonyl (C=O) groups excluding carboxylic acids is 2. The van der Waals surface area contributed by atoms with Crippen LogP contribution in [0.25, 0.3) is 0 Å². The molecule has 3 aromatic carbocycles. The summed E-state index contributed by atoms with van der Waals surface area (Å²) in [5.41, 5.74) is 1.77. The molecule has 0 atom stereocenters. The maximum Gasteiger partial charge on any atom is 0.255 e. The van der Waals surface area contributed by atoms with Gasteiger partial charge in [0.05, 0.1) is 17.9 Å². The van der Waals surface area contributed by atoms with E-state index in [0.717, 1.165) is 17.4 Å². The summed E-state index contributed by atoms with van der Waals surface area (Å²) in [6.07, 6.45) is 0. The second-order valence-electron chi connectivity index (χ2n) is 6.27. The number of amides is 2. The molecule has 5 nitrogen and oxygen atoms in total. The average molecular weight is 392 g/mol. The first-order valence-corrected chi connectivity index (χ1v) is 9.22. The van der Waals surface area contributed by atoms with E-state index >= 15 is 0 Å². The molecule has 6 heteroatoms. The monoisotopic (exact) mass is 392 g/mol. The summed E-state index contributed by atoms with van der Waals surface area (Å²) in [6, 6.07) is 19.5. The van der Waals surface area contributed by atoms with Gasteiger partial charge in [-0.05, 0) is 55.0 Å². The quantitative estimate of drug-likeness (QED) is 0.626. The summed E-state index contributed by atoms with van der Waals surface area (Å²) in [5, 5.41) is 5.51. The van der Waals surface area contributed by atoms with E-state index in [9.17, 15) is 14.0 Å². The van der Waals surface area contributed by atoms with E-state index in [1.807, 2.05) is 31.2 Å². The molecule has 0 heterocycles. The fraction of sp³-hybridized carbons (Fsp3) is 0.130. The molecule has 0 aromatic heterocycles. The third kappa shape index (κ3) is 5.42. The molecule has 0 aliphatic carbocycles. The van der Waals surface area contributed by atoms with Crippen LogP contribution in [0, 0.1) is 5.82 Å². The molecule has 3 aromatic rings. The van der Waals surface area contributed by atoms with Crippen LogP contribution in [0.2, 0.25) is 0 Å². The third-order valence-electron chi connectivity index (χ3n) is 4.19. The highest BCUT2D eigenvalue weighted by Gasteiger charge is 2.14. The Morgan fingerprint density at radius 2 is 1.69 bits per heavy atom. The number of halogens is 1. The molecule has 0 aliphatic heterocycles. The Morgan fingerprint density at radius 3 is 2.41 bits per heavy atom. The zero-order valence-corrected chi connectivity index (χ0v) is 15.9. The molecule has 0 saturated carbocycles. The van der Waals surface area contributed by atoms with Gasteiger partial charge in [0.1, 0.15) is 11.6 Å². The average Bonchev–Trinajstić information content (AvgIpc) is 2.73. The van der Waals surface area contributed by atoms with Crippen LogP contribution in [0.4, 0.5) is 10.1 Å². The number of ether oxygens (including phenoxy) is 1. The maximum atomic E-state index is 13.4. The topological polar surface area (TPSA) is 67.4 Å². The third-order valence-corrected chi connectivity index (χ3v) is 4.19. The predicted octanol–water partition coefficient (Wildman–Crippen LogP) is 4.41. The Kier molecular flexibility index (Phi) is 6.58. The van der Waals surface area contributed by atoms with Crippen molar-refractivity contribution in [2.24, 2.45) is 0 Å². The first-order valence-electron chi connectivity index (χ1n) is 9.22. The van der Waals surface area contributed by atoms with Crippen LogP contribution in [0.15, 0.2) is 72.8 Å². The Hall–Kier alpha value is -3.67. The van der Waals surface area contributed by atoms with Crippen LogP contribution in [-0.4, -0.2) is 18.4 Å². The highest BCUT2D eigenvalue weighted by molar-refractivity contribution is 6.08. The van der Waals surface area contributed by atoms with Gasteiger partial charge < -0.3 is 15.4 Å². The number of rotatable bonds is 7. The Morgan fingerprint density at radius 1 is 0.931 bits per heavy atom. The molecular weight excluding hydrogens is 371 g/mol. The van der Waals surface area contributed by atoms with E-state index in [1.54, 1.807) is 24.3 Å². The smallest absolute Gasteiger partial charge is 0.255 e. The zero-order chi connectivity index (χ0) is 20.6. The van der Waals surface area contributed by atoms with Gasteiger partial charge in [-0.2, -0.15) is 0 Å². The van der Waals surface area contributed by atoms with E-state index in [0.29, 0.717) is 24.4 Å². The van der Waals surface area contributed by atoms with Crippen LogP contribution in [-0.2, 0) is 6.54 Å². The van der Waals surface area contributed by atoms with E-state index < -0.39 is 11.7 Å². The minimum atomic E-state index is -0.501. The van der Waals surface area contributed by atoms with Gasteiger partial charge in [-0.1, -0.05) is 30.3 Å². The fourth-order valence-electron chi connectivity index (χ4n) is 2.76. The van der Waals surface area contributed by atoms with Crippen molar-refractivity contribution in [3.63, 3.8) is 0 Å². The zero-order valence-electron chi connectivity index (χ0n) is 15.9. The first kappa shape index (κ1) is 20.1. The molecular formula is C23H21FN2O3. The minimum absolute atomic E-state index is 0.176. The molecule has 0 aliphatic rings. The van der Waals surface area contributed by atoms with Crippen LogP contribution in [0.1, 0.15) is 33.2 Å². The lowest BCUT2D eigenvalue weighted by Gasteiger charge is -2.12. The molecule has 0 radical (unpaired) electrons. The van der Waals surface area contributed by atoms with E-state index in [4.69, 9.17) is 4.74 Å². The van der Waals surface area contributed by atoms with Gasteiger partial charge in [0.15, 0.2) is 0 Å². The van der Waals surface area contributed by atoms with Crippen molar-refractivity contribution in [3.8, 4) is 5.75 Å². The molecule has 0 fully saturated rings. The normalized spacial score (nSPS) is 10.3. The number of carbonyl (C=O) groups is 2. The highest BCUT2D eigenvalue weighted by atomic mass is 19.1. The SMILES string of the molecule is CCOc1ccc(CNC(=O)c2ccccc2NC(=O)c2cccc(F)c2)cc1. The second-order valence-corrected chi connectivity index (χ2v) is 6.27. The predicted molar refractivity (Wildman–Crippen MR) is 110 cm³/mol. The number of hydrogen-bond donors (Lipinski definition) is 2. The molecule has 2 N–H and O–H groups in total. The van der Waals surface area contributed by atoms with Gasteiger partial charge >= 0.3 is 0 Å². The van der Waals surface area contributed by atoms with Crippen molar-refractivity contribution in [2.45, 2.75) is 13.5 Å². The summed E-state index contributed by atoms with van der Waals surface area (Å²) in [7, 11) is 0. The van der Waals surface area contributed by atoms with Gasteiger partial charge in [-0.3, -0.25) is 9.59 Å². The van der Waals surface area contributed by atoms with Gasteiger partial charge in [0.2, 0.25) is 0 Å². The van der Waals surface area contributed by atoms with Crippen LogP contribution >= 0.6 is 0 Å². The van der Waals surface area contributed by atoms with Crippen molar-refractivity contribution in [1.29, 1.82) is 0 Å². The molecule has 0 spiro atoms. The molecule has 3 rings (SSSR count). The fourth-order valence-corrected chi connectivity index (χ4v) is 2.76. The lowest BCUT2D eigenvalue weighted by atomic mass is 10.1. The highest BCUT2D eigenvalue weighted by Crippen LogP contribution is 2.17. The first-order chi connectivity index (χ1) is 14.1. The van der Waals surface area contributed by atoms with E-state index in [2.05, 4.69) is 10.6 Å². The summed E-state index contributed by atoms with van der Waals surface area (Å²) >= 11 is 0. The number of nitrogens with one attached hydrogen (secondary N) is 2. The van der Waals surface area contributed by atoms with Crippen molar-refractivity contribution in [3.05, 3.63) is 95.3 Å². The maximum absolute atomic E-state index is 13.4. The summed E-state index contributed by atoms with van der Waals surface area (Å²) in [5.74, 6) is -0.544. The number of benzene rings is 3. The lowest BCUT2D eigenvalue weighted by Crippen LogP contribution is -2.24. The van der Waals surface area contributed by atoms with Crippen LogP contribution in [0.3, 0.4) is 0 Å². The Balaban J connectivity index is 1.67. The minimum Gasteiger partial charge on any atom is -0.494 e. The van der Waals surface area contributed by atoms with Gasteiger partial charge in [-0.15, -0.1) is 0 Å². The van der Waals surface area contributed by atoms with Gasteiger partial charge in [0, 0.05) is 12.1 Å². The summed E-state index contributed by atoms with van der Waals surface area (Å²) in [4.78, 5) is 25.0. The van der Waals surface area contributed by atoms with Crippen molar-refractivity contribution in [1.82, 2.24) is 5.32 Å². The summed E-state index contributed by atoms with van der Waals surface area (Å²) < 4.78 is 18.8. The lowest BCUT2D eigenvalue weighted by molar-refractivity contribution is 0.0952. The van der Waals surface area contributed by atoms with Crippen molar-refractivity contribution < 1.29 is 18.7 Å². The van der Waals surface area contributed by atoms with Gasteiger partial charge in [0.25, 0.3) is 11.8 Å². The largest absolute Gasteiger partial charge is 0.494 e. The van der Waals surface area contributed by atoms with Crippen molar-refractivity contribution >= 4 is 17.5 Å².